The van der Waals surface area contributed by atoms with E-state index in [1.807, 2.05) is 19.1 Å². The maximum absolute atomic E-state index is 13.4. The lowest BCUT2D eigenvalue weighted by molar-refractivity contribution is -0.162. The quantitative estimate of drug-likeness (QED) is 0.150. The Morgan fingerprint density at radius 1 is 0.750 bits per heavy atom. The molecule has 11 nitrogen and oxygen atoms in total. The number of aryl methyl sites for hydroxylation is 1. The number of hydrogen-bond acceptors (Lipinski definition) is 10. The van der Waals surface area contributed by atoms with E-state index in [0.717, 1.165) is 11.1 Å². The van der Waals surface area contributed by atoms with E-state index in [1.165, 1.54) is 12.1 Å². The number of carbonyl (C=O) groups is 3. The SMILES string of the molecule is Cc1ccc(S(=O)(=O)O[C@H]2C[C@H](Oc3ccc(C[C@@H](C[C@H](NC(=O)OC(C)(C)C)C(=O)OC(C)(C)C)C(=O)OC(C)(C)C)cc3)C2)cc1. The van der Waals surface area contributed by atoms with Crippen molar-refractivity contribution in [2.75, 3.05) is 0 Å². The second-order valence-electron chi connectivity index (χ2n) is 15.2. The Kier molecular flexibility index (Phi) is 12.4. The van der Waals surface area contributed by atoms with E-state index < -0.39 is 63.0 Å². The van der Waals surface area contributed by atoms with Crippen molar-refractivity contribution in [2.24, 2.45) is 5.92 Å². The summed E-state index contributed by atoms with van der Waals surface area (Å²) in [5, 5.41) is 2.59. The molecule has 0 bridgehead atoms. The zero-order valence-corrected chi connectivity index (χ0v) is 30.6. The normalized spacial score (nSPS) is 18.1. The van der Waals surface area contributed by atoms with Crippen LogP contribution in [0.2, 0.25) is 0 Å². The number of rotatable bonds is 12. The van der Waals surface area contributed by atoms with Crippen LogP contribution in [0.5, 0.6) is 5.75 Å². The van der Waals surface area contributed by atoms with Crippen LogP contribution in [-0.4, -0.2) is 61.5 Å². The summed E-state index contributed by atoms with van der Waals surface area (Å²) in [4.78, 5) is 39.4. The standard InChI is InChI=1S/C36H51NO10S/c1-23-11-17-29(18-12-23)48(41,42)47-28-21-27(22-28)43-26-15-13-24(14-16-26)19-25(31(38)44-34(2,3)4)20-30(32(39)45-35(5,6)7)37-33(40)46-36(8,9)10/h11-18,25,27-28,30H,19-22H2,1-10H3,(H,37,40)/t25-,27-,28-,30-/m0/s1. The van der Waals surface area contributed by atoms with Gasteiger partial charge in [0, 0.05) is 12.8 Å². The maximum atomic E-state index is 13.4. The molecular weight excluding hydrogens is 638 g/mol. The van der Waals surface area contributed by atoms with Crippen molar-refractivity contribution >= 4 is 28.1 Å². The lowest BCUT2D eigenvalue weighted by Crippen LogP contribution is -2.48. The van der Waals surface area contributed by atoms with Gasteiger partial charge in [-0.1, -0.05) is 29.8 Å². The van der Waals surface area contributed by atoms with Gasteiger partial charge in [0.1, 0.15) is 34.7 Å². The van der Waals surface area contributed by atoms with Crippen molar-refractivity contribution in [2.45, 2.75) is 135 Å². The molecule has 266 valence electrons. The second-order valence-corrected chi connectivity index (χ2v) is 16.8. The first kappa shape index (κ1) is 38.8. The van der Waals surface area contributed by atoms with Crippen molar-refractivity contribution in [3.8, 4) is 5.75 Å². The molecule has 0 saturated heterocycles. The first-order valence-corrected chi connectivity index (χ1v) is 17.6. The molecule has 0 unspecified atom stereocenters. The van der Waals surface area contributed by atoms with Gasteiger partial charge < -0.3 is 24.3 Å². The molecule has 1 fully saturated rings. The van der Waals surface area contributed by atoms with E-state index in [0.29, 0.717) is 18.6 Å². The Morgan fingerprint density at radius 3 is 1.79 bits per heavy atom. The highest BCUT2D eigenvalue weighted by molar-refractivity contribution is 7.86. The second kappa shape index (κ2) is 15.3. The average molecular weight is 690 g/mol. The third kappa shape index (κ3) is 13.1. The molecule has 0 aromatic heterocycles. The zero-order chi connectivity index (χ0) is 36.1. The van der Waals surface area contributed by atoms with Crippen molar-refractivity contribution in [1.29, 1.82) is 0 Å². The van der Waals surface area contributed by atoms with Gasteiger partial charge in [-0.3, -0.25) is 8.98 Å². The Balaban J connectivity index is 1.68. The van der Waals surface area contributed by atoms with Crippen LogP contribution in [0.4, 0.5) is 4.79 Å². The molecule has 1 amide bonds. The number of nitrogens with one attached hydrogen (secondary N) is 1. The number of amides is 1. The average Bonchev–Trinajstić information content (AvgIpc) is 2.89. The molecule has 1 saturated carbocycles. The first-order valence-electron chi connectivity index (χ1n) is 16.2. The third-order valence-corrected chi connectivity index (χ3v) is 8.35. The molecule has 0 heterocycles. The van der Waals surface area contributed by atoms with Crippen molar-refractivity contribution < 1.29 is 45.9 Å². The molecule has 1 aliphatic carbocycles. The van der Waals surface area contributed by atoms with Crippen LogP contribution >= 0.6 is 0 Å². The van der Waals surface area contributed by atoms with E-state index in [1.54, 1.807) is 86.6 Å². The molecule has 3 rings (SSSR count). The molecule has 2 aromatic rings. The number of alkyl carbamates (subject to hydrolysis) is 1. The van der Waals surface area contributed by atoms with Crippen LogP contribution in [0, 0.1) is 12.8 Å². The summed E-state index contributed by atoms with van der Waals surface area (Å²) in [6.45, 7) is 17.4. The maximum Gasteiger partial charge on any atom is 0.408 e. The molecule has 1 aliphatic rings. The summed E-state index contributed by atoms with van der Waals surface area (Å²) in [6.07, 6.45) is -0.524. The van der Waals surface area contributed by atoms with E-state index in [2.05, 4.69) is 5.32 Å². The van der Waals surface area contributed by atoms with Crippen LogP contribution in [0.3, 0.4) is 0 Å². The van der Waals surface area contributed by atoms with E-state index in [9.17, 15) is 22.8 Å². The predicted molar refractivity (Wildman–Crippen MR) is 180 cm³/mol. The fourth-order valence-corrected chi connectivity index (χ4v) is 5.88. The minimum Gasteiger partial charge on any atom is -0.490 e. The van der Waals surface area contributed by atoms with Gasteiger partial charge in [0.25, 0.3) is 10.1 Å². The largest absolute Gasteiger partial charge is 0.490 e. The highest BCUT2D eigenvalue weighted by atomic mass is 32.2. The molecule has 12 heteroatoms. The van der Waals surface area contributed by atoms with E-state index in [-0.39, 0.29) is 23.8 Å². The molecule has 48 heavy (non-hydrogen) atoms. The number of ether oxygens (including phenoxy) is 4. The molecule has 1 N–H and O–H groups in total. The number of esters is 2. The Bertz CT molecular complexity index is 1510. The first-order chi connectivity index (χ1) is 22.0. The van der Waals surface area contributed by atoms with Gasteiger partial charge in [-0.05, 0) is 112 Å². The fraction of sp³-hybridized carbons (Fsp3) is 0.583. The van der Waals surface area contributed by atoms with E-state index in [4.69, 9.17) is 23.1 Å². The van der Waals surface area contributed by atoms with E-state index >= 15 is 0 Å². The van der Waals surface area contributed by atoms with Gasteiger partial charge in [-0.15, -0.1) is 0 Å². The van der Waals surface area contributed by atoms with Gasteiger partial charge in [0.15, 0.2) is 0 Å². The van der Waals surface area contributed by atoms with Gasteiger partial charge in [-0.2, -0.15) is 8.42 Å². The Hall–Kier alpha value is -3.64. The Morgan fingerprint density at radius 2 is 1.27 bits per heavy atom. The molecule has 2 atom stereocenters. The van der Waals surface area contributed by atoms with Gasteiger partial charge >= 0.3 is 18.0 Å². The number of benzene rings is 2. The van der Waals surface area contributed by atoms with Crippen molar-refractivity contribution in [3.05, 3.63) is 59.7 Å². The third-order valence-electron chi connectivity index (χ3n) is 6.97. The van der Waals surface area contributed by atoms with Crippen LogP contribution < -0.4 is 10.1 Å². The van der Waals surface area contributed by atoms with Crippen molar-refractivity contribution in [3.63, 3.8) is 0 Å². The monoisotopic (exact) mass is 689 g/mol. The minimum atomic E-state index is -3.86. The highest BCUT2D eigenvalue weighted by Crippen LogP contribution is 2.32. The summed E-state index contributed by atoms with van der Waals surface area (Å²) in [7, 11) is -3.86. The van der Waals surface area contributed by atoms with Crippen LogP contribution in [0.1, 0.15) is 92.7 Å². The number of hydrogen-bond donors (Lipinski definition) is 1. The lowest BCUT2D eigenvalue weighted by atomic mass is 9.91. The van der Waals surface area contributed by atoms with Gasteiger partial charge in [0.05, 0.1) is 16.9 Å². The number of carbonyl (C=O) groups excluding carboxylic acids is 3. The minimum absolute atomic E-state index is 0.0870. The summed E-state index contributed by atoms with van der Waals surface area (Å²) in [5.74, 6) is -1.46. The summed E-state index contributed by atoms with van der Waals surface area (Å²) in [6, 6.07) is 12.5. The molecule has 0 aliphatic heterocycles. The summed E-state index contributed by atoms with van der Waals surface area (Å²) in [5.41, 5.74) is -0.681. The highest BCUT2D eigenvalue weighted by Gasteiger charge is 2.37. The smallest absolute Gasteiger partial charge is 0.408 e. The molecule has 2 aromatic carbocycles. The van der Waals surface area contributed by atoms with Gasteiger partial charge in [-0.25, -0.2) is 9.59 Å². The topological polar surface area (TPSA) is 144 Å². The van der Waals surface area contributed by atoms with Crippen LogP contribution in [0.15, 0.2) is 53.4 Å². The van der Waals surface area contributed by atoms with Crippen molar-refractivity contribution in [1.82, 2.24) is 5.32 Å². The molecular formula is C36H51NO10S. The summed E-state index contributed by atoms with van der Waals surface area (Å²) < 4.78 is 53.2. The fourth-order valence-electron chi connectivity index (χ4n) is 4.78. The summed E-state index contributed by atoms with van der Waals surface area (Å²) >= 11 is 0. The van der Waals surface area contributed by atoms with Crippen LogP contribution in [0.25, 0.3) is 0 Å². The predicted octanol–water partition coefficient (Wildman–Crippen LogP) is 6.44. The van der Waals surface area contributed by atoms with Gasteiger partial charge in [0.2, 0.25) is 0 Å². The lowest BCUT2D eigenvalue weighted by Gasteiger charge is -2.34. The zero-order valence-electron chi connectivity index (χ0n) is 29.7. The van der Waals surface area contributed by atoms with Crippen LogP contribution in [-0.2, 0) is 44.5 Å². The molecule has 0 radical (unpaired) electrons. The Labute approximate surface area is 285 Å². The molecule has 0 spiro atoms.